The average Bonchev–Trinajstić information content (AvgIpc) is 2.90. The van der Waals surface area contributed by atoms with Crippen LogP contribution in [0.5, 0.6) is 11.8 Å². The molecule has 0 saturated carbocycles. The lowest BCUT2D eigenvalue weighted by Crippen LogP contribution is -2.05. The van der Waals surface area contributed by atoms with E-state index < -0.39 is 0 Å². The van der Waals surface area contributed by atoms with Crippen LogP contribution < -0.4 is 4.74 Å². The molecule has 0 saturated heterocycles. The molecule has 0 amide bonds. The van der Waals surface area contributed by atoms with Crippen LogP contribution in [0.15, 0.2) is 30.9 Å². The molecule has 0 N–H and O–H groups in total. The van der Waals surface area contributed by atoms with Crippen molar-refractivity contribution in [1.29, 1.82) is 0 Å². The highest BCUT2D eigenvalue weighted by molar-refractivity contribution is 6.34. The lowest BCUT2D eigenvalue weighted by atomic mass is 10.3. The van der Waals surface area contributed by atoms with Crippen LogP contribution in [0.3, 0.4) is 0 Å². The molecular formula is C11H5Cl3N6O. The van der Waals surface area contributed by atoms with Gasteiger partial charge in [-0.1, -0.05) is 23.2 Å². The van der Waals surface area contributed by atoms with E-state index >= 15 is 0 Å². The fourth-order valence-electron chi connectivity index (χ4n) is 1.47. The highest BCUT2D eigenvalue weighted by atomic mass is 35.5. The summed E-state index contributed by atoms with van der Waals surface area (Å²) >= 11 is 17.6. The molecule has 21 heavy (non-hydrogen) atoms. The van der Waals surface area contributed by atoms with Crippen LogP contribution in [0.25, 0.3) is 5.95 Å². The minimum Gasteiger partial charge on any atom is -0.424 e. The van der Waals surface area contributed by atoms with E-state index in [0.717, 1.165) is 0 Å². The molecule has 0 spiro atoms. The van der Waals surface area contributed by atoms with Crippen LogP contribution in [0, 0.1) is 0 Å². The maximum absolute atomic E-state index is 5.89. The van der Waals surface area contributed by atoms with Crippen LogP contribution in [-0.4, -0.2) is 29.7 Å². The summed E-state index contributed by atoms with van der Waals surface area (Å²) in [6.45, 7) is 0. The lowest BCUT2D eigenvalue weighted by molar-refractivity contribution is 0.437. The molecule has 0 bridgehead atoms. The summed E-state index contributed by atoms with van der Waals surface area (Å²) in [5.41, 5.74) is 0. The van der Waals surface area contributed by atoms with Gasteiger partial charge in [-0.05, 0) is 29.8 Å². The zero-order valence-electron chi connectivity index (χ0n) is 10.1. The van der Waals surface area contributed by atoms with Crippen LogP contribution in [0.2, 0.25) is 15.3 Å². The van der Waals surface area contributed by atoms with Gasteiger partial charge < -0.3 is 4.74 Å². The van der Waals surface area contributed by atoms with E-state index in [1.54, 1.807) is 18.2 Å². The van der Waals surface area contributed by atoms with Crippen molar-refractivity contribution in [3.05, 3.63) is 46.2 Å². The standard InChI is InChI=1S/C11H5Cl3N6O/c12-6-1-7(13)3-8(2-6)21-11-18-9(14)17-10(19-11)20-5-15-4-16-20/h1-5H. The summed E-state index contributed by atoms with van der Waals surface area (Å²) in [6.07, 6.45) is 2.76. The molecule has 106 valence electrons. The number of benzene rings is 1. The van der Waals surface area contributed by atoms with Crippen molar-refractivity contribution in [2.24, 2.45) is 0 Å². The van der Waals surface area contributed by atoms with Gasteiger partial charge in [0.05, 0.1) is 0 Å². The van der Waals surface area contributed by atoms with Gasteiger partial charge >= 0.3 is 6.01 Å². The molecule has 0 radical (unpaired) electrons. The average molecular weight is 344 g/mol. The van der Waals surface area contributed by atoms with E-state index in [9.17, 15) is 0 Å². The molecule has 0 fully saturated rings. The first kappa shape index (κ1) is 14.0. The third kappa shape index (κ3) is 3.38. The number of halogens is 3. The Hall–Kier alpha value is -1.96. The van der Waals surface area contributed by atoms with Gasteiger partial charge in [0.2, 0.25) is 5.28 Å². The van der Waals surface area contributed by atoms with E-state index in [-0.39, 0.29) is 17.2 Å². The third-order valence-corrected chi connectivity index (χ3v) is 2.85. The monoisotopic (exact) mass is 342 g/mol. The number of aromatic nitrogens is 6. The van der Waals surface area contributed by atoms with Crippen LogP contribution >= 0.6 is 34.8 Å². The van der Waals surface area contributed by atoms with Crippen molar-refractivity contribution in [3.63, 3.8) is 0 Å². The Balaban J connectivity index is 1.95. The number of nitrogens with zero attached hydrogens (tertiary/aromatic N) is 6. The first-order valence-electron chi connectivity index (χ1n) is 5.51. The van der Waals surface area contributed by atoms with E-state index in [2.05, 4.69) is 25.0 Å². The Bertz CT molecular complexity index is 759. The predicted molar refractivity (Wildman–Crippen MR) is 76.3 cm³/mol. The highest BCUT2D eigenvalue weighted by Gasteiger charge is 2.10. The summed E-state index contributed by atoms with van der Waals surface area (Å²) in [6, 6.07) is 4.71. The fourth-order valence-corrected chi connectivity index (χ4v) is 2.13. The smallest absolute Gasteiger partial charge is 0.328 e. The zero-order valence-corrected chi connectivity index (χ0v) is 12.4. The molecule has 2 heterocycles. The Morgan fingerprint density at radius 2 is 1.71 bits per heavy atom. The summed E-state index contributed by atoms with van der Waals surface area (Å²) in [7, 11) is 0. The van der Waals surface area contributed by atoms with Crippen molar-refractivity contribution in [1.82, 2.24) is 29.7 Å². The summed E-state index contributed by atoms with van der Waals surface area (Å²) < 4.78 is 6.81. The quantitative estimate of drug-likeness (QED) is 0.726. The van der Waals surface area contributed by atoms with Crippen molar-refractivity contribution >= 4 is 34.8 Å². The normalized spacial score (nSPS) is 10.6. The molecule has 3 rings (SSSR count). The van der Waals surface area contributed by atoms with Gasteiger partial charge in [0.25, 0.3) is 5.95 Å². The van der Waals surface area contributed by atoms with E-state index in [4.69, 9.17) is 39.5 Å². The van der Waals surface area contributed by atoms with E-state index in [1.165, 1.54) is 17.3 Å². The molecule has 2 aromatic heterocycles. The van der Waals surface area contributed by atoms with E-state index in [0.29, 0.717) is 15.8 Å². The lowest BCUT2D eigenvalue weighted by Gasteiger charge is -2.06. The first-order valence-corrected chi connectivity index (χ1v) is 6.64. The molecule has 0 aliphatic carbocycles. The topological polar surface area (TPSA) is 78.6 Å². The second-order valence-corrected chi connectivity index (χ2v) is 4.95. The van der Waals surface area contributed by atoms with Crippen molar-refractivity contribution in [2.75, 3.05) is 0 Å². The maximum atomic E-state index is 5.89. The number of rotatable bonds is 3. The van der Waals surface area contributed by atoms with Gasteiger partial charge in [-0.3, -0.25) is 0 Å². The molecule has 1 aromatic carbocycles. The Kier molecular flexibility index (Phi) is 3.87. The highest BCUT2D eigenvalue weighted by Crippen LogP contribution is 2.27. The van der Waals surface area contributed by atoms with Gasteiger partial charge in [0.1, 0.15) is 18.4 Å². The Labute approximate surface area is 133 Å². The van der Waals surface area contributed by atoms with Gasteiger partial charge in [-0.2, -0.15) is 24.7 Å². The number of ether oxygens (including phenoxy) is 1. The zero-order chi connectivity index (χ0) is 14.8. The van der Waals surface area contributed by atoms with Crippen LogP contribution in [0.4, 0.5) is 0 Å². The fraction of sp³-hybridized carbons (Fsp3) is 0. The van der Waals surface area contributed by atoms with Crippen LogP contribution in [0.1, 0.15) is 0 Å². The van der Waals surface area contributed by atoms with Crippen molar-refractivity contribution < 1.29 is 4.74 Å². The summed E-state index contributed by atoms with van der Waals surface area (Å²) in [4.78, 5) is 15.7. The summed E-state index contributed by atoms with van der Waals surface area (Å²) in [5.74, 6) is 0.551. The number of hydrogen-bond acceptors (Lipinski definition) is 6. The molecule has 10 heteroatoms. The van der Waals surface area contributed by atoms with Crippen LogP contribution in [-0.2, 0) is 0 Å². The van der Waals surface area contributed by atoms with Crippen molar-refractivity contribution in [2.45, 2.75) is 0 Å². The third-order valence-electron chi connectivity index (χ3n) is 2.24. The van der Waals surface area contributed by atoms with Crippen molar-refractivity contribution in [3.8, 4) is 17.7 Å². The molecule has 0 aliphatic heterocycles. The maximum Gasteiger partial charge on any atom is 0.328 e. The molecule has 0 aliphatic rings. The molecule has 0 unspecified atom stereocenters. The predicted octanol–water partition coefficient (Wildman–Crippen LogP) is 3.20. The SMILES string of the molecule is Clc1cc(Cl)cc(Oc2nc(Cl)nc(-n3cncn3)n2)c1. The molecule has 3 aromatic rings. The van der Waals surface area contributed by atoms with Gasteiger partial charge in [-0.15, -0.1) is 0 Å². The largest absolute Gasteiger partial charge is 0.424 e. The molecule has 0 atom stereocenters. The molecule has 7 nitrogen and oxygen atoms in total. The van der Waals surface area contributed by atoms with Gasteiger partial charge in [0.15, 0.2) is 0 Å². The Morgan fingerprint density at radius 3 is 2.38 bits per heavy atom. The second kappa shape index (κ2) is 5.80. The molecular weight excluding hydrogens is 339 g/mol. The second-order valence-electron chi connectivity index (χ2n) is 3.73. The van der Waals surface area contributed by atoms with Gasteiger partial charge in [-0.25, -0.2) is 4.98 Å². The van der Waals surface area contributed by atoms with E-state index in [1.807, 2.05) is 0 Å². The summed E-state index contributed by atoms with van der Waals surface area (Å²) in [5, 5.41) is 4.71. The minimum absolute atomic E-state index is 0.0150. The van der Waals surface area contributed by atoms with Gasteiger partial charge in [0, 0.05) is 10.0 Å². The first-order chi connectivity index (χ1) is 10.1. The number of hydrogen-bond donors (Lipinski definition) is 0. The Morgan fingerprint density at radius 1 is 0.952 bits per heavy atom. The minimum atomic E-state index is -0.0429.